The van der Waals surface area contributed by atoms with Gasteiger partial charge in [-0.05, 0) is 24.1 Å². The van der Waals surface area contributed by atoms with E-state index in [-0.39, 0.29) is 12.3 Å². The molecule has 0 aliphatic heterocycles. The molecule has 1 rings (SSSR count). The Labute approximate surface area is 99.6 Å². The van der Waals surface area contributed by atoms with Gasteiger partial charge in [0.05, 0.1) is 12.5 Å². The van der Waals surface area contributed by atoms with Crippen LogP contribution in [0.2, 0.25) is 0 Å². The predicted molar refractivity (Wildman–Crippen MR) is 64.7 cm³/mol. The number of carbonyl (C=O) groups excluding carboxylic acids is 1. The van der Waals surface area contributed by atoms with E-state index in [1.807, 2.05) is 6.92 Å². The average molecular weight is 236 g/mol. The van der Waals surface area contributed by atoms with Crippen LogP contribution in [0.4, 0.5) is 5.69 Å². The number of hydrogen-bond donors (Lipinski definition) is 3. The van der Waals surface area contributed by atoms with Gasteiger partial charge in [0.25, 0.3) is 0 Å². The van der Waals surface area contributed by atoms with E-state index in [0.29, 0.717) is 17.7 Å². The first-order valence-electron chi connectivity index (χ1n) is 5.40. The Kier molecular flexibility index (Phi) is 4.66. The van der Waals surface area contributed by atoms with Crippen molar-refractivity contribution in [1.82, 2.24) is 0 Å². The number of nitrogens with two attached hydrogens (primary N) is 1. The first kappa shape index (κ1) is 13.2. The van der Waals surface area contributed by atoms with Crippen LogP contribution in [0.1, 0.15) is 18.9 Å². The lowest BCUT2D eigenvalue weighted by molar-refractivity contribution is -0.136. The van der Waals surface area contributed by atoms with Crippen LogP contribution in [-0.4, -0.2) is 23.0 Å². The third-order valence-electron chi connectivity index (χ3n) is 2.35. The molecule has 5 nitrogen and oxygen atoms in total. The van der Waals surface area contributed by atoms with Crippen molar-refractivity contribution >= 4 is 17.6 Å². The Morgan fingerprint density at radius 3 is 2.41 bits per heavy atom. The molecule has 0 unspecified atom stereocenters. The van der Waals surface area contributed by atoms with Gasteiger partial charge in [-0.15, -0.1) is 0 Å². The summed E-state index contributed by atoms with van der Waals surface area (Å²) in [6.45, 7) is 1.83. The van der Waals surface area contributed by atoms with Gasteiger partial charge in [0.2, 0.25) is 5.91 Å². The Balaban J connectivity index is 2.62. The van der Waals surface area contributed by atoms with Crippen molar-refractivity contribution in [1.29, 1.82) is 0 Å². The van der Waals surface area contributed by atoms with E-state index in [1.165, 1.54) is 0 Å². The van der Waals surface area contributed by atoms with Crippen molar-refractivity contribution in [2.75, 3.05) is 5.32 Å². The molecule has 0 saturated heterocycles. The van der Waals surface area contributed by atoms with Gasteiger partial charge < -0.3 is 16.2 Å². The Bertz CT molecular complexity index is 401. The number of nitrogens with one attached hydrogen (secondary N) is 1. The van der Waals surface area contributed by atoms with E-state index >= 15 is 0 Å². The molecule has 5 heteroatoms. The minimum absolute atomic E-state index is 0.0251. The molecule has 17 heavy (non-hydrogen) atoms. The number of carbonyl (C=O) groups is 2. The number of aliphatic carboxylic acids is 1. The fourth-order valence-electron chi connectivity index (χ4n) is 1.30. The fourth-order valence-corrected chi connectivity index (χ4v) is 1.30. The number of carboxylic acid groups (broad SMARTS) is 1. The van der Waals surface area contributed by atoms with E-state index in [2.05, 4.69) is 5.32 Å². The maximum Gasteiger partial charge on any atom is 0.307 e. The van der Waals surface area contributed by atoms with Gasteiger partial charge >= 0.3 is 5.97 Å². The zero-order valence-electron chi connectivity index (χ0n) is 9.64. The highest BCUT2D eigenvalue weighted by molar-refractivity contribution is 5.94. The SMILES string of the molecule is CC[C@@H](N)C(=O)Nc1ccc(CC(=O)O)cc1. The molecule has 0 radical (unpaired) electrons. The van der Waals surface area contributed by atoms with Gasteiger partial charge in [-0.1, -0.05) is 19.1 Å². The standard InChI is InChI=1S/C12H16N2O3/c1-2-10(13)12(17)14-9-5-3-8(4-6-9)7-11(15)16/h3-6,10H,2,7,13H2,1H3,(H,14,17)(H,15,16)/t10-/m1/s1. The van der Waals surface area contributed by atoms with Gasteiger partial charge in [0.1, 0.15) is 0 Å². The monoisotopic (exact) mass is 236 g/mol. The summed E-state index contributed by atoms with van der Waals surface area (Å²) in [6, 6.07) is 6.15. The van der Waals surface area contributed by atoms with Crippen molar-refractivity contribution in [3.8, 4) is 0 Å². The van der Waals surface area contributed by atoms with E-state index < -0.39 is 12.0 Å². The van der Waals surface area contributed by atoms with E-state index in [4.69, 9.17) is 10.8 Å². The Hall–Kier alpha value is -1.88. The van der Waals surface area contributed by atoms with Crippen molar-refractivity contribution < 1.29 is 14.7 Å². The van der Waals surface area contributed by atoms with Crippen LogP contribution >= 0.6 is 0 Å². The maximum atomic E-state index is 11.5. The summed E-state index contributed by atoms with van der Waals surface area (Å²) in [7, 11) is 0. The molecule has 1 amide bonds. The molecule has 0 bridgehead atoms. The lowest BCUT2D eigenvalue weighted by atomic mass is 10.1. The highest BCUT2D eigenvalue weighted by Gasteiger charge is 2.10. The van der Waals surface area contributed by atoms with Crippen molar-refractivity contribution in [3.63, 3.8) is 0 Å². The number of benzene rings is 1. The van der Waals surface area contributed by atoms with E-state index in [1.54, 1.807) is 24.3 Å². The van der Waals surface area contributed by atoms with Gasteiger partial charge in [0, 0.05) is 5.69 Å². The normalized spacial score (nSPS) is 11.9. The van der Waals surface area contributed by atoms with Crippen LogP contribution < -0.4 is 11.1 Å². The van der Waals surface area contributed by atoms with Crippen LogP contribution in [-0.2, 0) is 16.0 Å². The molecular weight excluding hydrogens is 220 g/mol. The molecule has 4 N–H and O–H groups in total. The minimum Gasteiger partial charge on any atom is -0.481 e. The van der Waals surface area contributed by atoms with Crippen LogP contribution in [0, 0.1) is 0 Å². The molecule has 0 aliphatic rings. The first-order chi connectivity index (χ1) is 8.02. The summed E-state index contributed by atoms with van der Waals surface area (Å²) >= 11 is 0. The fraction of sp³-hybridized carbons (Fsp3) is 0.333. The zero-order valence-corrected chi connectivity index (χ0v) is 9.64. The van der Waals surface area contributed by atoms with Crippen LogP contribution in [0.3, 0.4) is 0 Å². The quantitative estimate of drug-likeness (QED) is 0.710. The second-order valence-corrected chi connectivity index (χ2v) is 3.77. The van der Waals surface area contributed by atoms with Crippen molar-refractivity contribution in [2.45, 2.75) is 25.8 Å². The second kappa shape index (κ2) is 6.00. The van der Waals surface area contributed by atoms with Gasteiger partial charge in [0.15, 0.2) is 0 Å². The lowest BCUT2D eigenvalue weighted by Crippen LogP contribution is -2.34. The van der Waals surface area contributed by atoms with Crippen molar-refractivity contribution in [2.24, 2.45) is 5.73 Å². The zero-order chi connectivity index (χ0) is 12.8. The summed E-state index contributed by atoms with van der Waals surface area (Å²) in [4.78, 5) is 21.9. The highest BCUT2D eigenvalue weighted by atomic mass is 16.4. The molecule has 1 aromatic carbocycles. The summed E-state index contributed by atoms with van der Waals surface area (Å²) in [6.07, 6.45) is 0.547. The van der Waals surface area contributed by atoms with Crippen LogP contribution in [0.25, 0.3) is 0 Å². The number of rotatable bonds is 5. The largest absolute Gasteiger partial charge is 0.481 e. The van der Waals surface area contributed by atoms with Crippen LogP contribution in [0.15, 0.2) is 24.3 Å². The number of amides is 1. The smallest absolute Gasteiger partial charge is 0.307 e. The number of carboxylic acids is 1. The minimum atomic E-state index is -0.880. The van der Waals surface area contributed by atoms with Crippen molar-refractivity contribution in [3.05, 3.63) is 29.8 Å². The second-order valence-electron chi connectivity index (χ2n) is 3.77. The molecule has 1 aromatic rings. The maximum absolute atomic E-state index is 11.5. The van der Waals surface area contributed by atoms with Gasteiger partial charge in [-0.3, -0.25) is 9.59 Å². The molecule has 1 atom stereocenters. The first-order valence-corrected chi connectivity index (χ1v) is 5.40. The summed E-state index contributed by atoms with van der Waals surface area (Å²) < 4.78 is 0. The van der Waals surface area contributed by atoms with Gasteiger partial charge in [-0.2, -0.15) is 0 Å². The summed E-state index contributed by atoms with van der Waals surface area (Å²) in [5.41, 5.74) is 6.88. The topological polar surface area (TPSA) is 92.4 Å². The summed E-state index contributed by atoms with van der Waals surface area (Å²) in [5, 5.41) is 11.3. The number of hydrogen-bond acceptors (Lipinski definition) is 3. The average Bonchev–Trinajstić information content (AvgIpc) is 2.30. The summed E-state index contributed by atoms with van der Waals surface area (Å²) in [5.74, 6) is -1.12. The molecule has 0 saturated carbocycles. The molecule has 0 spiro atoms. The van der Waals surface area contributed by atoms with Crippen LogP contribution in [0.5, 0.6) is 0 Å². The van der Waals surface area contributed by atoms with E-state index in [9.17, 15) is 9.59 Å². The molecule has 0 heterocycles. The molecular formula is C12H16N2O3. The third kappa shape index (κ3) is 4.24. The predicted octanol–water partition coefficient (Wildman–Crippen LogP) is 0.989. The Morgan fingerprint density at radius 1 is 1.35 bits per heavy atom. The molecule has 0 aliphatic carbocycles. The molecule has 0 fully saturated rings. The van der Waals surface area contributed by atoms with Gasteiger partial charge in [-0.25, -0.2) is 0 Å². The lowest BCUT2D eigenvalue weighted by Gasteiger charge is -2.10. The Morgan fingerprint density at radius 2 is 1.94 bits per heavy atom. The third-order valence-corrected chi connectivity index (χ3v) is 2.35. The highest BCUT2D eigenvalue weighted by Crippen LogP contribution is 2.10. The molecule has 0 aromatic heterocycles. The van der Waals surface area contributed by atoms with E-state index in [0.717, 1.165) is 0 Å². The number of anilines is 1. The molecule has 92 valence electrons.